The summed E-state index contributed by atoms with van der Waals surface area (Å²) in [5.41, 5.74) is 2.58. The minimum Gasteiger partial charge on any atom is -0.390 e. The number of amides is 1. The Kier molecular flexibility index (Phi) is 2.97. The zero-order valence-corrected chi connectivity index (χ0v) is 16.2. The van der Waals surface area contributed by atoms with Gasteiger partial charge in [-0.3, -0.25) is 9.59 Å². The SMILES string of the molecule is C[C@]12C[C@H]3[C@@H]4CCC5=CC(=O)C=C[C@]5(C)[C@@]4(F)[C@@H](O)C[C@]3(C)[C@]1(C(N)=O)C2. The summed E-state index contributed by atoms with van der Waals surface area (Å²) in [5, 5.41) is 11.2. The Bertz CT molecular complexity index is 850. The van der Waals surface area contributed by atoms with E-state index in [0.717, 1.165) is 18.4 Å². The number of carbonyl (C=O) groups excluding carboxylic acids is 2. The average molecular weight is 373 g/mol. The van der Waals surface area contributed by atoms with Crippen molar-refractivity contribution in [2.75, 3.05) is 0 Å². The van der Waals surface area contributed by atoms with E-state index in [1.807, 2.05) is 6.92 Å². The molecule has 4 nitrogen and oxygen atoms in total. The topological polar surface area (TPSA) is 80.4 Å². The fraction of sp³-hybridized carbons (Fsp3) is 0.727. The quantitative estimate of drug-likeness (QED) is 0.742. The number of allylic oxidation sites excluding steroid dienone is 4. The number of aliphatic hydroxyl groups is 1. The standard InChI is InChI=1S/C22H28FNO3/c1-18-9-15-14-5-4-12-8-13(25)6-7-19(12,2)22(14,23)16(26)10-20(15,3)21(18,11-18)17(24)27/h6-8,14-16,26H,4-5,9-11H2,1-3H3,(H2,24,27)/t14-,15-,16-,18+,19-,20-,21-,22-/m0/s1. The lowest BCUT2D eigenvalue weighted by atomic mass is 9.44. The maximum absolute atomic E-state index is 16.9. The van der Waals surface area contributed by atoms with Crippen molar-refractivity contribution in [3.63, 3.8) is 0 Å². The number of nitrogens with two attached hydrogens (primary N) is 1. The van der Waals surface area contributed by atoms with Crippen LogP contribution in [0.1, 0.15) is 52.9 Å². The van der Waals surface area contributed by atoms with Gasteiger partial charge in [0.1, 0.15) is 0 Å². The first-order valence-electron chi connectivity index (χ1n) is 10.1. The molecule has 0 aromatic carbocycles. The molecule has 0 heterocycles. The Morgan fingerprint density at radius 2 is 1.96 bits per heavy atom. The minimum absolute atomic E-state index is 0.0153. The molecule has 0 aliphatic heterocycles. The van der Waals surface area contributed by atoms with Crippen LogP contribution in [0.4, 0.5) is 4.39 Å². The molecule has 0 saturated heterocycles. The van der Waals surface area contributed by atoms with Crippen molar-refractivity contribution in [2.45, 2.75) is 64.6 Å². The van der Waals surface area contributed by atoms with Gasteiger partial charge >= 0.3 is 0 Å². The lowest BCUT2D eigenvalue weighted by molar-refractivity contribution is -0.202. The second-order valence-corrected chi connectivity index (χ2v) is 10.5. The summed E-state index contributed by atoms with van der Waals surface area (Å²) < 4.78 is 16.9. The Morgan fingerprint density at radius 1 is 1.26 bits per heavy atom. The number of alkyl halides is 1. The smallest absolute Gasteiger partial charge is 0.224 e. The fourth-order valence-corrected chi connectivity index (χ4v) is 8.26. The monoisotopic (exact) mass is 373 g/mol. The minimum atomic E-state index is -1.83. The molecular formula is C22H28FNO3. The number of primary amides is 1. The van der Waals surface area contributed by atoms with Gasteiger partial charge < -0.3 is 10.8 Å². The summed E-state index contributed by atoms with van der Waals surface area (Å²) in [6.45, 7) is 5.97. The normalized spacial score (nSPS) is 57.9. The highest BCUT2D eigenvalue weighted by Crippen LogP contribution is 2.86. The van der Waals surface area contributed by atoms with E-state index in [1.54, 1.807) is 12.2 Å². The Balaban J connectivity index is 1.64. The number of fused-ring (bicyclic) bond motifs is 7. The van der Waals surface area contributed by atoms with Crippen LogP contribution in [-0.4, -0.2) is 28.6 Å². The maximum atomic E-state index is 16.9. The fourth-order valence-electron chi connectivity index (χ4n) is 8.26. The third kappa shape index (κ3) is 1.59. The van der Waals surface area contributed by atoms with Gasteiger partial charge in [-0.25, -0.2) is 4.39 Å². The molecule has 27 heavy (non-hydrogen) atoms. The molecule has 4 saturated carbocycles. The van der Waals surface area contributed by atoms with Crippen LogP contribution in [0.5, 0.6) is 0 Å². The molecule has 1 amide bonds. The van der Waals surface area contributed by atoms with Gasteiger partial charge in [0.25, 0.3) is 0 Å². The molecule has 5 heteroatoms. The maximum Gasteiger partial charge on any atom is 0.224 e. The first kappa shape index (κ1) is 17.6. The lowest BCUT2D eigenvalue weighted by Gasteiger charge is -2.62. The van der Waals surface area contributed by atoms with Gasteiger partial charge in [-0.1, -0.05) is 25.5 Å². The second kappa shape index (κ2) is 4.56. The van der Waals surface area contributed by atoms with E-state index in [9.17, 15) is 14.7 Å². The van der Waals surface area contributed by atoms with E-state index in [-0.39, 0.29) is 35.4 Å². The summed E-state index contributed by atoms with van der Waals surface area (Å²) in [4.78, 5) is 24.3. The van der Waals surface area contributed by atoms with Crippen molar-refractivity contribution in [3.8, 4) is 0 Å². The van der Waals surface area contributed by atoms with Crippen LogP contribution in [-0.2, 0) is 9.59 Å². The van der Waals surface area contributed by atoms with Crippen LogP contribution in [0.25, 0.3) is 0 Å². The summed E-state index contributed by atoms with van der Waals surface area (Å²) in [5.74, 6) is -0.727. The predicted octanol–water partition coefficient (Wildman–Crippen LogP) is 2.85. The molecule has 5 rings (SSSR count). The molecule has 0 bridgehead atoms. The van der Waals surface area contributed by atoms with E-state index >= 15 is 4.39 Å². The van der Waals surface area contributed by atoms with Crippen molar-refractivity contribution >= 4 is 11.7 Å². The largest absolute Gasteiger partial charge is 0.390 e. The summed E-state index contributed by atoms with van der Waals surface area (Å²) in [6.07, 6.45) is 6.50. The van der Waals surface area contributed by atoms with Crippen molar-refractivity contribution < 1.29 is 19.1 Å². The van der Waals surface area contributed by atoms with E-state index < -0.39 is 28.0 Å². The van der Waals surface area contributed by atoms with E-state index in [1.165, 1.54) is 6.08 Å². The molecule has 8 atom stereocenters. The predicted molar refractivity (Wildman–Crippen MR) is 98.1 cm³/mol. The van der Waals surface area contributed by atoms with Crippen molar-refractivity contribution in [1.29, 1.82) is 0 Å². The number of rotatable bonds is 1. The van der Waals surface area contributed by atoms with Crippen LogP contribution in [0, 0.1) is 33.5 Å². The van der Waals surface area contributed by atoms with Gasteiger partial charge in [-0.2, -0.15) is 0 Å². The molecule has 5 aliphatic rings. The Hall–Kier alpha value is -1.49. The molecule has 0 spiro atoms. The second-order valence-electron chi connectivity index (χ2n) is 10.5. The molecule has 5 aliphatic carbocycles. The van der Waals surface area contributed by atoms with Crippen molar-refractivity contribution in [1.82, 2.24) is 0 Å². The van der Waals surface area contributed by atoms with Crippen molar-refractivity contribution in [3.05, 3.63) is 23.8 Å². The zero-order valence-electron chi connectivity index (χ0n) is 16.2. The van der Waals surface area contributed by atoms with Crippen LogP contribution >= 0.6 is 0 Å². The van der Waals surface area contributed by atoms with Crippen molar-refractivity contribution in [2.24, 2.45) is 39.2 Å². The number of halogens is 1. The molecule has 3 N–H and O–H groups in total. The summed E-state index contributed by atoms with van der Waals surface area (Å²) >= 11 is 0. The first-order valence-corrected chi connectivity index (χ1v) is 10.1. The Labute approximate surface area is 159 Å². The van der Waals surface area contributed by atoms with Crippen LogP contribution in [0.3, 0.4) is 0 Å². The van der Waals surface area contributed by atoms with Gasteiger partial charge in [0.2, 0.25) is 5.91 Å². The molecule has 4 fully saturated rings. The molecular weight excluding hydrogens is 345 g/mol. The summed E-state index contributed by atoms with van der Waals surface area (Å²) in [7, 11) is 0. The van der Waals surface area contributed by atoms with E-state index in [2.05, 4.69) is 13.8 Å². The first-order chi connectivity index (χ1) is 12.5. The van der Waals surface area contributed by atoms with E-state index in [0.29, 0.717) is 12.8 Å². The number of hydrogen-bond donors (Lipinski definition) is 2. The summed E-state index contributed by atoms with van der Waals surface area (Å²) in [6, 6.07) is 0. The van der Waals surface area contributed by atoms with E-state index in [4.69, 9.17) is 5.73 Å². The van der Waals surface area contributed by atoms with Gasteiger partial charge in [0, 0.05) is 11.3 Å². The van der Waals surface area contributed by atoms with Gasteiger partial charge in [0.15, 0.2) is 11.5 Å². The van der Waals surface area contributed by atoms with Gasteiger partial charge in [-0.05, 0) is 67.9 Å². The zero-order chi connectivity index (χ0) is 19.6. The molecule has 0 unspecified atom stereocenters. The molecule has 0 aromatic heterocycles. The van der Waals surface area contributed by atoms with Gasteiger partial charge in [0.05, 0.1) is 11.5 Å². The van der Waals surface area contributed by atoms with Gasteiger partial charge in [-0.15, -0.1) is 0 Å². The number of aliphatic hydroxyl groups excluding tert-OH is 1. The van der Waals surface area contributed by atoms with Crippen LogP contribution in [0.15, 0.2) is 23.8 Å². The highest BCUT2D eigenvalue weighted by molar-refractivity contribution is 6.01. The third-order valence-corrected chi connectivity index (χ3v) is 9.66. The van der Waals surface area contributed by atoms with Crippen LogP contribution in [0.2, 0.25) is 0 Å². The highest BCUT2D eigenvalue weighted by atomic mass is 19.1. The number of hydrogen-bond acceptors (Lipinski definition) is 3. The molecule has 146 valence electrons. The van der Waals surface area contributed by atoms with Crippen LogP contribution < -0.4 is 5.73 Å². The third-order valence-electron chi connectivity index (χ3n) is 9.66. The molecule has 0 radical (unpaired) electrons. The lowest BCUT2D eigenvalue weighted by Crippen LogP contribution is -2.67. The Morgan fingerprint density at radius 3 is 2.63 bits per heavy atom. The highest BCUT2D eigenvalue weighted by Gasteiger charge is 2.85. The number of carbonyl (C=O) groups is 2. The average Bonchev–Trinajstić information content (AvgIpc) is 3.17. The number of ketones is 1. The molecule has 0 aromatic rings.